The number of carbonyl (C=O) groups excluding carboxylic acids is 1. The molecule has 1 saturated heterocycles. The minimum Gasteiger partial charge on any atom is -0.383 e. The van der Waals surface area contributed by atoms with E-state index in [0.29, 0.717) is 18.2 Å². The van der Waals surface area contributed by atoms with E-state index in [0.717, 1.165) is 19.7 Å². The van der Waals surface area contributed by atoms with E-state index < -0.39 is 0 Å². The number of ether oxygens (including phenoxy) is 1. The number of hydrogen-bond acceptors (Lipinski definition) is 3. The third kappa shape index (κ3) is 3.44. The first-order chi connectivity index (χ1) is 6.24. The van der Waals surface area contributed by atoms with Gasteiger partial charge in [-0.15, -0.1) is 0 Å². The second-order valence-electron chi connectivity index (χ2n) is 3.73. The molecule has 0 aromatic carbocycles. The van der Waals surface area contributed by atoms with Crippen LogP contribution in [0.25, 0.3) is 0 Å². The quantitative estimate of drug-likeness (QED) is 0.642. The average molecular weight is 185 g/mol. The third-order valence-corrected chi connectivity index (χ3v) is 2.60. The molecule has 0 bridgehead atoms. The van der Waals surface area contributed by atoms with Crippen LogP contribution in [0.1, 0.15) is 26.2 Å². The lowest BCUT2D eigenvalue weighted by Crippen LogP contribution is -2.33. The van der Waals surface area contributed by atoms with Crippen molar-refractivity contribution < 1.29 is 9.53 Å². The predicted octanol–water partition coefficient (Wildman–Crippen LogP) is 1.08. The fraction of sp³-hybridized carbons (Fsp3) is 0.900. The lowest BCUT2D eigenvalue weighted by Gasteiger charge is -2.22. The highest BCUT2D eigenvalue weighted by molar-refractivity contribution is 5.76. The number of ketones is 1. The van der Waals surface area contributed by atoms with Gasteiger partial charge in [0.15, 0.2) is 0 Å². The van der Waals surface area contributed by atoms with Crippen molar-refractivity contribution in [3.63, 3.8) is 0 Å². The number of likely N-dealkylation sites (tertiary alicyclic amines) is 1. The summed E-state index contributed by atoms with van der Waals surface area (Å²) >= 11 is 0. The first-order valence-corrected chi connectivity index (χ1v) is 4.96. The van der Waals surface area contributed by atoms with Gasteiger partial charge in [-0.05, 0) is 26.3 Å². The first-order valence-electron chi connectivity index (χ1n) is 4.96. The summed E-state index contributed by atoms with van der Waals surface area (Å²) in [5.74, 6) is 0.300. The Morgan fingerprint density at radius 2 is 2.38 bits per heavy atom. The van der Waals surface area contributed by atoms with Gasteiger partial charge in [0.2, 0.25) is 0 Å². The first kappa shape index (κ1) is 10.7. The van der Waals surface area contributed by atoms with E-state index >= 15 is 0 Å². The molecular formula is C10H19NO2. The van der Waals surface area contributed by atoms with Crippen LogP contribution in [0.15, 0.2) is 0 Å². The van der Waals surface area contributed by atoms with Gasteiger partial charge in [0, 0.05) is 26.1 Å². The van der Waals surface area contributed by atoms with E-state index in [1.165, 1.54) is 12.8 Å². The Balaban J connectivity index is 2.30. The number of carbonyl (C=O) groups is 1. The molecule has 3 nitrogen and oxygen atoms in total. The summed E-state index contributed by atoms with van der Waals surface area (Å²) < 4.78 is 5.03. The predicted molar refractivity (Wildman–Crippen MR) is 51.8 cm³/mol. The van der Waals surface area contributed by atoms with Crippen molar-refractivity contribution in [2.75, 3.05) is 26.8 Å². The Kier molecular flexibility index (Phi) is 4.39. The van der Waals surface area contributed by atoms with Crippen molar-refractivity contribution in [1.29, 1.82) is 0 Å². The van der Waals surface area contributed by atoms with Crippen molar-refractivity contribution in [3.05, 3.63) is 0 Å². The van der Waals surface area contributed by atoms with Crippen LogP contribution in [0, 0.1) is 0 Å². The maximum atomic E-state index is 11.0. The van der Waals surface area contributed by atoms with Crippen molar-refractivity contribution >= 4 is 5.78 Å². The van der Waals surface area contributed by atoms with E-state index in [9.17, 15) is 4.79 Å². The van der Waals surface area contributed by atoms with Gasteiger partial charge in [0.1, 0.15) is 5.78 Å². The van der Waals surface area contributed by atoms with Crippen molar-refractivity contribution in [2.45, 2.75) is 32.2 Å². The molecular weight excluding hydrogens is 166 g/mol. The lowest BCUT2D eigenvalue weighted by molar-refractivity contribution is -0.118. The van der Waals surface area contributed by atoms with Crippen molar-refractivity contribution in [1.82, 2.24) is 4.90 Å². The molecule has 0 N–H and O–H groups in total. The van der Waals surface area contributed by atoms with Gasteiger partial charge < -0.3 is 4.74 Å². The third-order valence-electron chi connectivity index (χ3n) is 2.60. The summed E-state index contributed by atoms with van der Waals surface area (Å²) in [5, 5.41) is 0. The van der Waals surface area contributed by atoms with Gasteiger partial charge in [0.25, 0.3) is 0 Å². The highest BCUT2D eigenvalue weighted by atomic mass is 16.5. The molecule has 0 amide bonds. The van der Waals surface area contributed by atoms with Crippen LogP contribution in [-0.2, 0) is 9.53 Å². The Morgan fingerprint density at radius 3 is 3.00 bits per heavy atom. The average Bonchev–Trinajstić information content (AvgIpc) is 2.48. The lowest BCUT2D eigenvalue weighted by atomic mass is 10.1. The second kappa shape index (κ2) is 5.35. The SMILES string of the molecule is COCCN1CCCC1CC(C)=O. The van der Waals surface area contributed by atoms with Gasteiger partial charge in [0.05, 0.1) is 6.61 Å². The molecule has 76 valence electrons. The van der Waals surface area contributed by atoms with E-state index in [2.05, 4.69) is 4.90 Å². The van der Waals surface area contributed by atoms with Gasteiger partial charge in [-0.25, -0.2) is 0 Å². The number of methoxy groups -OCH3 is 1. The summed E-state index contributed by atoms with van der Waals surface area (Å²) in [5.41, 5.74) is 0. The Labute approximate surface area is 80.1 Å². The van der Waals surface area contributed by atoms with Crippen LogP contribution >= 0.6 is 0 Å². The van der Waals surface area contributed by atoms with Crippen molar-refractivity contribution in [3.8, 4) is 0 Å². The van der Waals surface area contributed by atoms with Crippen molar-refractivity contribution in [2.24, 2.45) is 0 Å². The maximum Gasteiger partial charge on any atom is 0.131 e. The highest BCUT2D eigenvalue weighted by Gasteiger charge is 2.24. The number of nitrogens with zero attached hydrogens (tertiary/aromatic N) is 1. The molecule has 0 radical (unpaired) electrons. The van der Waals surface area contributed by atoms with E-state index in [4.69, 9.17) is 4.74 Å². The normalized spacial score (nSPS) is 23.7. The molecule has 0 saturated carbocycles. The summed E-state index contributed by atoms with van der Waals surface area (Å²) in [7, 11) is 1.72. The van der Waals surface area contributed by atoms with Crippen LogP contribution in [0.2, 0.25) is 0 Å². The monoisotopic (exact) mass is 185 g/mol. The minimum absolute atomic E-state index is 0.300. The Hall–Kier alpha value is -0.410. The van der Waals surface area contributed by atoms with Gasteiger partial charge in [-0.1, -0.05) is 0 Å². The van der Waals surface area contributed by atoms with E-state index in [-0.39, 0.29) is 0 Å². The van der Waals surface area contributed by atoms with Gasteiger partial charge in [-0.2, -0.15) is 0 Å². The fourth-order valence-electron chi connectivity index (χ4n) is 1.96. The standard InChI is InChI=1S/C10H19NO2/c1-9(12)8-10-4-3-5-11(10)6-7-13-2/h10H,3-8H2,1-2H3. The molecule has 1 aliphatic rings. The largest absolute Gasteiger partial charge is 0.383 e. The molecule has 1 heterocycles. The Bertz CT molecular complexity index is 170. The van der Waals surface area contributed by atoms with Crippen LogP contribution in [0.5, 0.6) is 0 Å². The van der Waals surface area contributed by atoms with Gasteiger partial charge >= 0.3 is 0 Å². The molecule has 0 aliphatic carbocycles. The maximum absolute atomic E-state index is 11.0. The molecule has 0 aromatic rings. The molecule has 3 heteroatoms. The van der Waals surface area contributed by atoms with Gasteiger partial charge in [-0.3, -0.25) is 9.69 Å². The smallest absolute Gasteiger partial charge is 0.131 e. The number of rotatable bonds is 5. The zero-order chi connectivity index (χ0) is 9.68. The van der Waals surface area contributed by atoms with E-state index in [1.54, 1.807) is 14.0 Å². The molecule has 1 rings (SSSR count). The summed E-state index contributed by atoms with van der Waals surface area (Å²) in [6.07, 6.45) is 3.11. The summed E-state index contributed by atoms with van der Waals surface area (Å²) in [6, 6.07) is 0.479. The van der Waals surface area contributed by atoms with Crippen LogP contribution in [-0.4, -0.2) is 43.5 Å². The number of hydrogen-bond donors (Lipinski definition) is 0. The second-order valence-corrected chi connectivity index (χ2v) is 3.73. The number of Topliss-reactive ketones (excluding diaryl/α,β-unsaturated/α-hetero) is 1. The molecule has 1 aliphatic heterocycles. The topological polar surface area (TPSA) is 29.5 Å². The molecule has 13 heavy (non-hydrogen) atoms. The van der Waals surface area contributed by atoms with Crippen LogP contribution in [0.4, 0.5) is 0 Å². The summed E-state index contributed by atoms with van der Waals surface area (Å²) in [6.45, 7) is 4.54. The molecule has 0 spiro atoms. The van der Waals surface area contributed by atoms with Crippen LogP contribution in [0.3, 0.4) is 0 Å². The fourth-order valence-corrected chi connectivity index (χ4v) is 1.96. The Morgan fingerprint density at radius 1 is 1.62 bits per heavy atom. The molecule has 1 unspecified atom stereocenters. The molecule has 0 aromatic heterocycles. The van der Waals surface area contributed by atoms with E-state index in [1.807, 2.05) is 0 Å². The summed E-state index contributed by atoms with van der Waals surface area (Å²) in [4.78, 5) is 13.3. The highest BCUT2D eigenvalue weighted by Crippen LogP contribution is 2.19. The van der Waals surface area contributed by atoms with Crippen LogP contribution < -0.4 is 0 Å². The zero-order valence-corrected chi connectivity index (χ0v) is 8.58. The minimum atomic E-state index is 0.300. The molecule has 1 fully saturated rings. The zero-order valence-electron chi connectivity index (χ0n) is 8.58. The molecule has 1 atom stereocenters.